The van der Waals surface area contributed by atoms with Crippen molar-refractivity contribution < 1.29 is 14.3 Å². The molecule has 1 aliphatic heterocycles. The molecule has 1 aliphatic rings. The van der Waals surface area contributed by atoms with E-state index in [4.69, 9.17) is 21.6 Å². The van der Waals surface area contributed by atoms with E-state index in [-0.39, 0.29) is 11.9 Å². The van der Waals surface area contributed by atoms with Crippen molar-refractivity contribution in [3.05, 3.63) is 36.4 Å². The Hall–Kier alpha value is -4.24. The molecule has 9 heteroatoms. The van der Waals surface area contributed by atoms with E-state index in [0.29, 0.717) is 60.5 Å². The van der Waals surface area contributed by atoms with E-state index < -0.39 is 0 Å². The molecule has 0 radical (unpaired) electrons. The molecule has 0 bridgehead atoms. The number of nitrogen functional groups attached to an aromatic ring is 1. The summed E-state index contributed by atoms with van der Waals surface area (Å²) in [7, 11) is 1.54. The number of hydrogen-bond donors (Lipinski definition) is 1. The fraction of sp³-hybridized carbons (Fsp3) is 0.333. The predicted molar refractivity (Wildman–Crippen MR) is 123 cm³/mol. The number of rotatable bonds is 4. The van der Waals surface area contributed by atoms with Crippen LogP contribution in [0.4, 0.5) is 10.6 Å². The number of likely N-dealkylation sites (tertiary alicyclic amines) is 1. The first-order valence-corrected chi connectivity index (χ1v) is 10.6. The Morgan fingerprint density at radius 1 is 1.24 bits per heavy atom. The lowest BCUT2D eigenvalue weighted by Crippen LogP contribution is -2.40. The van der Waals surface area contributed by atoms with Gasteiger partial charge in [0.25, 0.3) is 0 Å². The highest BCUT2D eigenvalue weighted by molar-refractivity contribution is 5.82. The van der Waals surface area contributed by atoms with Crippen molar-refractivity contribution in [3.8, 4) is 35.7 Å². The number of terminal acetylenes is 1. The number of benzene rings is 1. The molecular formula is C24H24N6O3. The van der Waals surface area contributed by atoms with E-state index in [0.717, 1.165) is 12.8 Å². The molecule has 9 nitrogen and oxygen atoms in total. The molecule has 2 aromatic heterocycles. The van der Waals surface area contributed by atoms with E-state index in [2.05, 4.69) is 32.7 Å². The maximum absolute atomic E-state index is 12.5. The first-order valence-electron chi connectivity index (χ1n) is 10.6. The maximum Gasteiger partial charge on any atom is 0.415 e. The predicted octanol–water partition coefficient (Wildman–Crippen LogP) is 2.70. The van der Waals surface area contributed by atoms with Gasteiger partial charge >= 0.3 is 6.09 Å². The third-order valence-corrected chi connectivity index (χ3v) is 5.48. The summed E-state index contributed by atoms with van der Waals surface area (Å²) < 4.78 is 12.5. The number of carbonyl (C=O) groups excluding carboxylic acids is 1. The number of ether oxygens (including phenoxy) is 2. The van der Waals surface area contributed by atoms with E-state index in [1.807, 2.05) is 6.07 Å². The molecule has 168 valence electrons. The van der Waals surface area contributed by atoms with E-state index in [9.17, 15) is 4.79 Å². The highest BCUT2D eigenvalue weighted by Crippen LogP contribution is 2.27. The summed E-state index contributed by atoms with van der Waals surface area (Å²) in [6.45, 7) is 1.57. The largest absolute Gasteiger partial charge is 0.493 e. The summed E-state index contributed by atoms with van der Waals surface area (Å²) in [6, 6.07) is 7.09. The van der Waals surface area contributed by atoms with Crippen molar-refractivity contribution in [3.63, 3.8) is 0 Å². The lowest BCUT2D eigenvalue weighted by atomic mass is 9.94. The van der Waals surface area contributed by atoms with Crippen LogP contribution in [0.25, 0.3) is 11.2 Å². The average Bonchev–Trinajstić information content (AvgIpc) is 3.23. The normalized spacial score (nSPS) is 13.8. The molecule has 1 fully saturated rings. The van der Waals surface area contributed by atoms with Crippen LogP contribution in [0.3, 0.4) is 0 Å². The van der Waals surface area contributed by atoms with Gasteiger partial charge in [-0.25, -0.2) is 19.7 Å². The van der Waals surface area contributed by atoms with E-state index in [1.165, 1.54) is 0 Å². The number of nitrogens with zero attached hydrogens (tertiary/aromatic N) is 5. The van der Waals surface area contributed by atoms with Crippen molar-refractivity contribution in [1.29, 1.82) is 0 Å². The molecular weight excluding hydrogens is 420 g/mol. The smallest absolute Gasteiger partial charge is 0.415 e. The fourth-order valence-corrected chi connectivity index (χ4v) is 3.69. The Kier molecular flexibility index (Phi) is 6.61. The number of fused-ring (bicyclic) bond motifs is 1. The Balaban J connectivity index is 1.33. The van der Waals surface area contributed by atoms with Crippen LogP contribution in [0.2, 0.25) is 0 Å². The van der Waals surface area contributed by atoms with Crippen LogP contribution in [0.15, 0.2) is 30.6 Å². The van der Waals surface area contributed by atoms with E-state index in [1.54, 1.807) is 41.1 Å². The number of anilines is 1. The van der Waals surface area contributed by atoms with Gasteiger partial charge in [-0.3, -0.25) is 0 Å². The summed E-state index contributed by atoms with van der Waals surface area (Å²) in [5.74, 6) is 10.7. The van der Waals surface area contributed by atoms with Crippen LogP contribution >= 0.6 is 0 Å². The zero-order chi connectivity index (χ0) is 23.2. The molecule has 0 unspecified atom stereocenters. The van der Waals surface area contributed by atoms with Crippen LogP contribution in [0, 0.1) is 30.1 Å². The van der Waals surface area contributed by atoms with Gasteiger partial charge in [0.05, 0.1) is 20.0 Å². The van der Waals surface area contributed by atoms with Gasteiger partial charge in [-0.2, -0.15) is 0 Å². The van der Waals surface area contributed by atoms with Gasteiger partial charge in [-0.15, -0.1) is 6.42 Å². The molecule has 0 spiro atoms. The molecule has 3 aromatic rings. The Morgan fingerprint density at radius 3 is 2.73 bits per heavy atom. The summed E-state index contributed by atoms with van der Waals surface area (Å²) in [5.41, 5.74) is 7.09. The zero-order valence-corrected chi connectivity index (χ0v) is 18.3. The molecule has 1 aromatic carbocycles. The van der Waals surface area contributed by atoms with Gasteiger partial charge < -0.3 is 24.7 Å². The first-order chi connectivity index (χ1) is 16.1. The average molecular weight is 444 g/mol. The summed E-state index contributed by atoms with van der Waals surface area (Å²) in [6.07, 6.45) is 8.98. The van der Waals surface area contributed by atoms with Crippen molar-refractivity contribution in [2.75, 3.05) is 25.9 Å². The van der Waals surface area contributed by atoms with Gasteiger partial charge in [0, 0.05) is 19.5 Å². The minimum absolute atomic E-state index is 0.280. The van der Waals surface area contributed by atoms with Gasteiger partial charge in [-0.05, 0) is 36.8 Å². The molecule has 1 amide bonds. The number of hydrogen-bond acceptors (Lipinski definition) is 7. The lowest BCUT2D eigenvalue weighted by molar-refractivity contribution is 0.130. The fourth-order valence-electron chi connectivity index (χ4n) is 3.69. The quantitative estimate of drug-likeness (QED) is 0.616. The lowest BCUT2D eigenvalue weighted by Gasteiger charge is -2.30. The second kappa shape index (κ2) is 9.92. The van der Waals surface area contributed by atoms with Gasteiger partial charge in [0.1, 0.15) is 5.52 Å². The number of carbonyl (C=O) groups is 1. The van der Waals surface area contributed by atoms with Crippen molar-refractivity contribution in [2.24, 2.45) is 5.92 Å². The molecule has 0 aliphatic carbocycles. The Bertz CT molecular complexity index is 1260. The zero-order valence-electron chi connectivity index (χ0n) is 18.3. The van der Waals surface area contributed by atoms with Crippen molar-refractivity contribution in [2.45, 2.75) is 25.8 Å². The van der Waals surface area contributed by atoms with E-state index >= 15 is 0 Å². The second-order valence-electron chi connectivity index (χ2n) is 7.64. The van der Waals surface area contributed by atoms with Gasteiger partial charge in [0.15, 0.2) is 23.0 Å². The highest BCUT2D eigenvalue weighted by Gasteiger charge is 2.24. The maximum atomic E-state index is 12.5. The topological polar surface area (TPSA) is 108 Å². The monoisotopic (exact) mass is 444 g/mol. The molecule has 0 saturated carbocycles. The number of para-hydroxylation sites is 2. The third kappa shape index (κ3) is 4.99. The molecule has 1 saturated heterocycles. The number of piperidine rings is 1. The number of methoxy groups -OCH3 is 1. The summed E-state index contributed by atoms with van der Waals surface area (Å²) in [4.78, 5) is 27.1. The number of amides is 1. The first kappa shape index (κ1) is 22.0. The molecule has 33 heavy (non-hydrogen) atoms. The highest BCUT2D eigenvalue weighted by atomic mass is 16.6. The van der Waals surface area contributed by atoms with Crippen molar-refractivity contribution >= 4 is 23.1 Å². The van der Waals surface area contributed by atoms with Gasteiger partial charge in [-0.1, -0.05) is 24.0 Å². The number of imidazole rings is 1. The van der Waals surface area contributed by atoms with Crippen LogP contribution in [-0.4, -0.2) is 50.7 Å². The van der Waals surface area contributed by atoms with Crippen LogP contribution in [-0.2, 0) is 6.54 Å². The standard InChI is InChI=1S/C24H24N6O3/c1-3-13-30-16-26-21-22(25)27-20(28-23(21)30)10-6-7-17-11-14-29(15-12-17)24(31)33-19-9-5-4-8-18(19)32-2/h1,4-5,8-9,16-17H,7,11-15H2,2H3,(H2,25,27,28). The Morgan fingerprint density at radius 2 is 2.00 bits per heavy atom. The van der Waals surface area contributed by atoms with Crippen LogP contribution < -0.4 is 15.2 Å². The molecule has 3 heterocycles. The van der Waals surface area contributed by atoms with Crippen molar-refractivity contribution in [1.82, 2.24) is 24.4 Å². The van der Waals surface area contributed by atoms with Crippen LogP contribution in [0.1, 0.15) is 25.1 Å². The molecule has 2 N–H and O–H groups in total. The molecule has 4 rings (SSSR count). The summed E-state index contributed by atoms with van der Waals surface area (Å²) in [5, 5.41) is 0. The minimum atomic E-state index is -0.371. The van der Waals surface area contributed by atoms with Crippen LogP contribution in [0.5, 0.6) is 11.5 Å². The SMILES string of the molecule is C#CCn1cnc2c(N)nc(C#CCC3CCN(C(=O)Oc4ccccc4OC)CC3)nc21. The number of aromatic nitrogens is 4. The van der Waals surface area contributed by atoms with Gasteiger partial charge in [0.2, 0.25) is 5.82 Å². The minimum Gasteiger partial charge on any atom is -0.493 e. The second-order valence-corrected chi connectivity index (χ2v) is 7.64. The third-order valence-electron chi connectivity index (χ3n) is 5.48. The molecule has 0 atom stereocenters. The Labute approximate surface area is 191 Å². The summed E-state index contributed by atoms with van der Waals surface area (Å²) >= 11 is 0. The number of nitrogens with two attached hydrogens (primary N) is 1.